The Morgan fingerprint density at radius 3 is 1.61 bits per heavy atom. The fourth-order valence-corrected chi connectivity index (χ4v) is 4.79. The third-order valence-electron chi connectivity index (χ3n) is 6.64. The van der Waals surface area contributed by atoms with E-state index in [1.54, 1.807) is 14.2 Å². The molecule has 0 radical (unpaired) electrons. The maximum absolute atomic E-state index is 11.7. The van der Waals surface area contributed by atoms with E-state index in [0.29, 0.717) is 26.1 Å². The quantitative estimate of drug-likeness (QED) is 0.214. The molecule has 0 spiro atoms. The first kappa shape index (κ1) is 28.8. The smallest absolute Gasteiger partial charge is 0.222 e. The molecule has 4 N–H and O–H groups in total. The Hall–Kier alpha value is -3.76. The first-order valence-corrected chi connectivity index (χ1v) is 12.7. The summed E-state index contributed by atoms with van der Waals surface area (Å²) >= 11 is 0. The summed E-state index contributed by atoms with van der Waals surface area (Å²) in [6.07, 6.45) is 7.27. The number of benzene rings is 2. The van der Waals surface area contributed by atoms with E-state index >= 15 is 0 Å². The minimum atomic E-state index is 0.0145. The summed E-state index contributed by atoms with van der Waals surface area (Å²) < 4.78 is 9.78. The average molecular weight is 525 g/mol. The van der Waals surface area contributed by atoms with Gasteiger partial charge in [0, 0.05) is 27.1 Å². The summed E-state index contributed by atoms with van der Waals surface area (Å²) in [4.78, 5) is 23.4. The molecule has 2 aliphatic carbocycles. The Morgan fingerprint density at radius 2 is 1.24 bits per heavy atom. The second-order valence-electron chi connectivity index (χ2n) is 9.21. The lowest BCUT2D eigenvalue weighted by atomic mass is 10.1. The van der Waals surface area contributed by atoms with E-state index in [-0.39, 0.29) is 23.9 Å². The SMILES string of the molecule is COCCC(=O)NC1CCc2cc(C=NO)ccc21.COCCC(=O)NC1CCc2cc(C=NO)ccc21. The van der Waals surface area contributed by atoms with Gasteiger partial charge in [-0.05, 0) is 71.2 Å². The lowest BCUT2D eigenvalue weighted by Gasteiger charge is -2.14. The third-order valence-corrected chi connectivity index (χ3v) is 6.64. The Kier molecular flexibility index (Phi) is 11.3. The molecule has 2 aromatic rings. The number of hydrogen-bond acceptors (Lipinski definition) is 8. The predicted octanol–water partition coefficient (Wildman–Crippen LogP) is 3.27. The number of methoxy groups -OCH3 is 2. The predicted molar refractivity (Wildman–Crippen MR) is 143 cm³/mol. The Morgan fingerprint density at radius 1 is 0.816 bits per heavy atom. The number of carbonyl (C=O) groups is 2. The summed E-state index contributed by atoms with van der Waals surface area (Å²) in [5, 5.41) is 29.1. The Labute approximate surface area is 222 Å². The number of oxime groups is 2. The van der Waals surface area contributed by atoms with Crippen LogP contribution in [0.1, 0.15) is 71.1 Å². The zero-order valence-corrected chi connectivity index (χ0v) is 21.9. The van der Waals surface area contributed by atoms with Gasteiger partial charge >= 0.3 is 0 Å². The highest BCUT2D eigenvalue weighted by Gasteiger charge is 2.24. The van der Waals surface area contributed by atoms with Crippen LogP contribution in [0.25, 0.3) is 0 Å². The van der Waals surface area contributed by atoms with E-state index in [0.717, 1.165) is 47.9 Å². The van der Waals surface area contributed by atoms with Crippen molar-refractivity contribution in [2.24, 2.45) is 10.3 Å². The molecule has 0 fully saturated rings. The van der Waals surface area contributed by atoms with Crippen molar-refractivity contribution < 1.29 is 29.5 Å². The molecule has 10 heteroatoms. The van der Waals surface area contributed by atoms with Crippen molar-refractivity contribution in [3.05, 3.63) is 69.8 Å². The molecule has 2 amide bonds. The van der Waals surface area contributed by atoms with Crippen molar-refractivity contribution in [1.82, 2.24) is 10.6 Å². The first-order chi connectivity index (χ1) is 18.5. The standard InChI is InChI=1S/2C14H18N2O3/c2*1-19-7-6-14(17)16-13-5-3-11-8-10(9-15-18)2-4-12(11)13/h2*2,4,8-9,13,18H,3,5-7H2,1H3,(H,16,17). The van der Waals surface area contributed by atoms with Gasteiger partial charge in [-0.25, -0.2) is 0 Å². The van der Waals surface area contributed by atoms with Crippen LogP contribution in [0.2, 0.25) is 0 Å². The second kappa shape index (κ2) is 14.8. The maximum Gasteiger partial charge on any atom is 0.222 e. The van der Waals surface area contributed by atoms with Gasteiger partial charge in [0.2, 0.25) is 11.8 Å². The van der Waals surface area contributed by atoms with Gasteiger partial charge in [0.1, 0.15) is 0 Å². The summed E-state index contributed by atoms with van der Waals surface area (Å²) in [6.45, 7) is 0.884. The second-order valence-corrected chi connectivity index (χ2v) is 9.21. The molecule has 2 aliphatic rings. The minimum absolute atomic E-state index is 0.0145. The zero-order valence-electron chi connectivity index (χ0n) is 21.9. The van der Waals surface area contributed by atoms with Crippen LogP contribution in [0.15, 0.2) is 46.7 Å². The van der Waals surface area contributed by atoms with Crippen LogP contribution in [-0.2, 0) is 31.9 Å². The van der Waals surface area contributed by atoms with Crippen molar-refractivity contribution in [1.29, 1.82) is 0 Å². The van der Waals surface area contributed by atoms with Crippen LogP contribution < -0.4 is 10.6 Å². The van der Waals surface area contributed by atoms with E-state index in [4.69, 9.17) is 19.9 Å². The third kappa shape index (κ3) is 8.12. The Balaban J connectivity index is 0.000000211. The van der Waals surface area contributed by atoms with E-state index in [1.165, 1.54) is 23.6 Å². The first-order valence-electron chi connectivity index (χ1n) is 12.7. The van der Waals surface area contributed by atoms with Gasteiger partial charge < -0.3 is 30.5 Å². The molecule has 0 aliphatic heterocycles. The van der Waals surface area contributed by atoms with Crippen LogP contribution >= 0.6 is 0 Å². The maximum atomic E-state index is 11.7. The van der Waals surface area contributed by atoms with E-state index in [1.807, 2.05) is 36.4 Å². The van der Waals surface area contributed by atoms with Crippen molar-refractivity contribution in [3.63, 3.8) is 0 Å². The summed E-state index contributed by atoms with van der Waals surface area (Å²) in [5.74, 6) is 0.0291. The molecule has 0 saturated carbocycles. The molecule has 2 unspecified atom stereocenters. The molecule has 0 saturated heterocycles. The topological polar surface area (TPSA) is 142 Å². The Bertz CT molecular complexity index is 1060. The van der Waals surface area contributed by atoms with Gasteiger partial charge in [0.05, 0.1) is 37.7 Å². The molecule has 204 valence electrons. The molecule has 0 bridgehead atoms. The summed E-state index contributed by atoms with van der Waals surface area (Å²) in [5.41, 5.74) is 6.45. The van der Waals surface area contributed by atoms with Crippen molar-refractivity contribution in [2.45, 2.75) is 50.6 Å². The molecular weight excluding hydrogens is 488 g/mol. The van der Waals surface area contributed by atoms with Gasteiger partial charge in [-0.15, -0.1) is 0 Å². The van der Waals surface area contributed by atoms with Crippen LogP contribution in [-0.4, -0.2) is 62.1 Å². The number of ether oxygens (including phenoxy) is 2. The van der Waals surface area contributed by atoms with Crippen molar-refractivity contribution in [3.8, 4) is 0 Å². The molecule has 4 rings (SSSR count). The molecule has 38 heavy (non-hydrogen) atoms. The number of amides is 2. The van der Waals surface area contributed by atoms with Gasteiger partial charge in [-0.1, -0.05) is 34.6 Å². The summed E-state index contributed by atoms with van der Waals surface area (Å²) in [6, 6.07) is 11.9. The lowest BCUT2D eigenvalue weighted by Crippen LogP contribution is -2.27. The number of aryl methyl sites for hydroxylation is 2. The molecular formula is C28H36N4O6. The van der Waals surface area contributed by atoms with Gasteiger partial charge in [-0.2, -0.15) is 0 Å². The minimum Gasteiger partial charge on any atom is -0.411 e. The number of fused-ring (bicyclic) bond motifs is 2. The number of nitrogens with zero attached hydrogens (tertiary/aromatic N) is 2. The zero-order chi connectivity index (χ0) is 27.3. The fraction of sp³-hybridized carbons (Fsp3) is 0.429. The van der Waals surface area contributed by atoms with Crippen LogP contribution in [0, 0.1) is 0 Å². The molecule has 2 atom stereocenters. The molecule has 10 nitrogen and oxygen atoms in total. The van der Waals surface area contributed by atoms with Gasteiger partial charge in [0.15, 0.2) is 0 Å². The average Bonchev–Trinajstić information content (AvgIpc) is 3.50. The normalized spacial score (nSPS) is 17.6. The molecule has 0 heterocycles. The van der Waals surface area contributed by atoms with E-state index < -0.39 is 0 Å². The van der Waals surface area contributed by atoms with Crippen molar-refractivity contribution in [2.75, 3.05) is 27.4 Å². The number of carbonyl (C=O) groups excluding carboxylic acids is 2. The number of hydrogen-bond donors (Lipinski definition) is 4. The number of rotatable bonds is 10. The summed E-state index contributed by atoms with van der Waals surface area (Å²) in [7, 11) is 3.17. The van der Waals surface area contributed by atoms with Crippen LogP contribution in [0.5, 0.6) is 0 Å². The molecule has 0 aromatic heterocycles. The highest BCUT2D eigenvalue weighted by atomic mass is 16.5. The molecule has 2 aromatic carbocycles. The monoisotopic (exact) mass is 524 g/mol. The van der Waals surface area contributed by atoms with E-state index in [2.05, 4.69) is 20.9 Å². The van der Waals surface area contributed by atoms with Crippen LogP contribution in [0.3, 0.4) is 0 Å². The fourth-order valence-electron chi connectivity index (χ4n) is 4.79. The largest absolute Gasteiger partial charge is 0.411 e. The lowest BCUT2D eigenvalue weighted by molar-refractivity contribution is -0.123. The van der Waals surface area contributed by atoms with Gasteiger partial charge in [0.25, 0.3) is 0 Å². The van der Waals surface area contributed by atoms with Crippen molar-refractivity contribution >= 4 is 24.2 Å². The highest BCUT2D eigenvalue weighted by Crippen LogP contribution is 2.32. The van der Waals surface area contributed by atoms with E-state index in [9.17, 15) is 9.59 Å². The highest BCUT2D eigenvalue weighted by molar-refractivity contribution is 5.81. The van der Waals surface area contributed by atoms with Gasteiger partial charge in [-0.3, -0.25) is 9.59 Å². The van der Waals surface area contributed by atoms with Crippen LogP contribution in [0.4, 0.5) is 0 Å². The number of nitrogens with one attached hydrogen (secondary N) is 2.